The molecule has 2 aromatic rings. The molecule has 5 nitrogen and oxygen atoms in total. The molecule has 0 spiro atoms. The van der Waals surface area contributed by atoms with Gasteiger partial charge in [-0.1, -0.05) is 37.5 Å². The second kappa shape index (κ2) is 9.21. The van der Waals surface area contributed by atoms with Crippen molar-refractivity contribution < 1.29 is 13.2 Å². The monoisotopic (exact) mass is 428 g/mol. The highest BCUT2D eigenvalue weighted by Gasteiger charge is 2.23. The van der Waals surface area contributed by atoms with Gasteiger partial charge in [0, 0.05) is 18.7 Å². The average molecular weight is 429 g/mol. The van der Waals surface area contributed by atoms with Crippen LogP contribution in [0.25, 0.3) is 0 Å². The zero-order valence-electron chi connectivity index (χ0n) is 18.4. The van der Waals surface area contributed by atoms with Crippen LogP contribution in [0.3, 0.4) is 0 Å². The van der Waals surface area contributed by atoms with Crippen LogP contribution in [0.15, 0.2) is 42.5 Å². The van der Waals surface area contributed by atoms with Gasteiger partial charge in [-0.2, -0.15) is 0 Å². The number of hydrogen-bond donors (Lipinski definition) is 0. The molecule has 0 atom stereocenters. The number of benzene rings is 2. The summed E-state index contributed by atoms with van der Waals surface area (Å²) in [7, 11) is -1.56. The fraction of sp³-hybridized carbons (Fsp3) is 0.458. The first kappa shape index (κ1) is 22.3. The molecule has 1 aliphatic rings. The van der Waals surface area contributed by atoms with E-state index in [1.54, 1.807) is 12.1 Å². The highest BCUT2D eigenvalue weighted by Crippen LogP contribution is 2.25. The van der Waals surface area contributed by atoms with Crippen molar-refractivity contribution in [3.8, 4) is 0 Å². The van der Waals surface area contributed by atoms with Crippen LogP contribution in [0.2, 0.25) is 0 Å². The van der Waals surface area contributed by atoms with Gasteiger partial charge in [0.05, 0.1) is 18.5 Å². The molecule has 0 heterocycles. The van der Waals surface area contributed by atoms with Crippen LogP contribution >= 0.6 is 0 Å². The van der Waals surface area contributed by atoms with E-state index in [9.17, 15) is 13.2 Å². The number of aryl methyl sites for hydroxylation is 2. The molecule has 30 heavy (non-hydrogen) atoms. The van der Waals surface area contributed by atoms with E-state index < -0.39 is 10.0 Å². The van der Waals surface area contributed by atoms with E-state index in [-0.39, 0.29) is 12.5 Å². The summed E-state index contributed by atoms with van der Waals surface area (Å²) in [5, 5.41) is 0. The third-order valence-corrected chi connectivity index (χ3v) is 7.29. The predicted molar refractivity (Wildman–Crippen MR) is 122 cm³/mol. The Morgan fingerprint density at radius 1 is 0.967 bits per heavy atom. The number of rotatable bonds is 6. The van der Waals surface area contributed by atoms with Gasteiger partial charge < -0.3 is 4.90 Å². The maximum atomic E-state index is 12.8. The zero-order chi connectivity index (χ0) is 21.9. The Morgan fingerprint density at radius 3 is 2.17 bits per heavy atom. The molecule has 1 amide bonds. The van der Waals surface area contributed by atoms with E-state index in [2.05, 4.69) is 0 Å². The van der Waals surface area contributed by atoms with Gasteiger partial charge in [0.2, 0.25) is 10.0 Å². The number of amides is 1. The van der Waals surface area contributed by atoms with Gasteiger partial charge in [0.25, 0.3) is 5.91 Å². The standard InChI is InChI=1S/C24H32N2O3S/c1-18-10-15-23(16-19(18)2)26(30(4,28)29)17-20-11-13-21(14-12-20)24(27)25(3)22-8-6-5-7-9-22/h10-16,22H,5-9,17H2,1-4H3. The van der Waals surface area contributed by atoms with Crippen molar-refractivity contribution in [2.24, 2.45) is 0 Å². The van der Waals surface area contributed by atoms with Crippen molar-refractivity contribution in [1.29, 1.82) is 0 Å². The minimum Gasteiger partial charge on any atom is -0.339 e. The summed E-state index contributed by atoms with van der Waals surface area (Å²) in [6, 6.07) is 13.3. The first-order chi connectivity index (χ1) is 14.2. The van der Waals surface area contributed by atoms with Crippen LogP contribution in [0.4, 0.5) is 5.69 Å². The zero-order valence-corrected chi connectivity index (χ0v) is 19.2. The minimum absolute atomic E-state index is 0.0302. The Bertz CT molecular complexity index is 994. The number of sulfonamides is 1. The fourth-order valence-corrected chi connectivity index (χ4v) is 4.92. The predicted octanol–water partition coefficient (Wildman–Crippen LogP) is 4.67. The topological polar surface area (TPSA) is 57.7 Å². The maximum absolute atomic E-state index is 12.8. The molecular weight excluding hydrogens is 396 g/mol. The van der Waals surface area contributed by atoms with Crippen LogP contribution in [0.5, 0.6) is 0 Å². The second-order valence-corrected chi connectivity index (χ2v) is 10.3. The highest BCUT2D eigenvalue weighted by molar-refractivity contribution is 7.92. The van der Waals surface area contributed by atoms with Crippen molar-refractivity contribution in [3.05, 3.63) is 64.7 Å². The first-order valence-corrected chi connectivity index (χ1v) is 12.4. The van der Waals surface area contributed by atoms with Gasteiger partial charge in [-0.05, 0) is 67.6 Å². The molecule has 0 unspecified atom stereocenters. The van der Waals surface area contributed by atoms with Crippen molar-refractivity contribution in [2.75, 3.05) is 17.6 Å². The van der Waals surface area contributed by atoms with Crippen molar-refractivity contribution in [3.63, 3.8) is 0 Å². The Hall–Kier alpha value is -2.34. The number of hydrogen-bond acceptors (Lipinski definition) is 3. The molecule has 0 radical (unpaired) electrons. The molecule has 1 aliphatic carbocycles. The Labute approximate surface area is 180 Å². The van der Waals surface area contributed by atoms with Gasteiger partial charge >= 0.3 is 0 Å². The number of carbonyl (C=O) groups is 1. The lowest BCUT2D eigenvalue weighted by molar-refractivity contribution is 0.0696. The Kier molecular flexibility index (Phi) is 6.86. The van der Waals surface area contributed by atoms with Crippen molar-refractivity contribution in [2.45, 2.75) is 58.5 Å². The molecule has 1 saturated carbocycles. The molecule has 2 aromatic carbocycles. The highest BCUT2D eigenvalue weighted by atomic mass is 32.2. The smallest absolute Gasteiger partial charge is 0.253 e. The molecule has 0 N–H and O–H groups in total. The van der Waals surface area contributed by atoms with Gasteiger partial charge in [-0.25, -0.2) is 8.42 Å². The summed E-state index contributed by atoms with van der Waals surface area (Å²) in [6.45, 7) is 4.21. The fourth-order valence-electron chi connectivity index (χ4n) is 4.04. The molecule has 0 aliphatic heterocycles. The molecule has 0 bridgehead atoms. The summed E-state index contributed by atoms with van der Waals surface area (Å²) in [5.74, 6) is 0.0302. The second-order valence-electron chi connectivity index (χ2n) is 8.44. The SMILES string of the molecule is Cc1ccc(N(Cc2ccc(C(=O)N(C)C3CCCCC3)cc2)S(C)(=O)=O)cc1C. The van der Waals surface area contributed by atoms with Gasteiger partial charge in [0.1, 0.15) is 0 Å². The summed E-state index contributed by atoms with van der Waals surface area (Å²) < 4.78 is 26.3. The molecular formula is C24H32N2O3S. The van der Waals surface area contributed by atoms with E-state index in [1.807, 2.05) is 56.1 Å². The first-order valence-electron chi connectivity index (χ1n) is 10.6. The lowest BCUT2D eigenvalue weighted by Crippen LogP contribution is -2.38. The minimum atomic E-state index is -3.44. The van der Waals surface area contributed by atoms with Crippen LogP contribution in [0.1, 0.15) is 59.2 Å². The molecule has 0 saturated heterocycles. The Balaban J connectivity index is 1.77. The van der Waals surface area contributed by atoms with E-state index in [0.29, 0.717) is 17.3 Å². The van der Waals surface area contributed by atoms with E-state index in [1.165, 1.54) is 29.8 Å². The quantitative estimate of drug-likeness (QED) is 0.672. The van der Waals surface area contributed by atoms with Gasteiger partial charge in [0.15, 0.2) is 0 Å². The van der Waals surface area contributed by atoms with E-state index in [4.69, 9.17) is 0 Å². The van der Waals surface area contributed by atoms with Gasteiger partial charge in [-0.3, -0.25) is 9.10 Å². The number of carbonyl (C=O) groups excluding carboxylic acids is 1. The van der Waals surface area contributed by atoms with Gasteiger partial charge in [-0.15, -0.1) is 0 Å². The van der Waals surface area contributed by atoms with Crippen LogP contribution in [0, 0.1) is 13.8 Å². The Morgan fingerprint density at radius 2 is 1.60 bits per heavy atom. The summed E-state index contributed by atoms with van der Waals surface area (Å²) in [4.78, 5) is 14.7. The van der Waals surface area contributed by atoms with Crippen LogP contribution in [-0.4, -0.2) is 38.6 Å². The average Bonchev–Trinajstić information content (AvgIpc) is 2.73. The largest absolute Gasteiger partial charge is 0.339 e. The lowest BCUT2D eigenvalue weighted by atomic mass is 9.94. The lowest BCUT2D eigenvalue weighted by Gasteiger charge is -2.31. The van der Waals surface area contributed by atoms with Crippen LogP contribution < -0.4 is 4.31 Å². The summed E-state index contributed by atoms with van der Waals surface area (Å²) in [5.41, 5.74) is 4.31. The van der Waals surface area contributed by atoms with E-state index >= 15 is 0 Å². The third kappa shape index (κ3) is 5.22. The third-order valence-electron chi connectivity index (χ3n) is 6.15. The molecule has 3 rings (SSSR count). The summed E-state index contributed by atoms with van der Waals surface area (Å²) >= 11 is 0. The normalized spacial score (nSPS) is 15.1. The number of nitrogens with zero attached hydrogens (tertiary/aromatic N) is 2. The van der Waals surface area contributed by atoms with Crippen LogP contribution in [-0.2, 0) is 16.6 Å². The molecule has 6 heteroatoms. The maximum Gasteiger partial charge on any atom is 0.253 e. The van der Waals surface area contributed by atoms with E-state index in [0.717, 1.165) is 29.5 Å². The molecule has 0 aromatic heterocycles. The molecule has 162 valence electrons. The summed E-state index contributed by atoms with van der Waals surface area (Å²) in [6.07, 6.45) is 6.98. The number of anilines is 1. The van der Waals surface area contributed by atoms with Crippen molar-refractivity contribution >= 4 is 21.6 Å². The molecule has 1 fully saturated rings. The van der Waals surface area contributed by atoms with Crippen molar-refractivity contribution in [1.82, 2.24) is 4.90 Å².